The molecule has 1 aromatic heterocycles. The van der Waals surface area contributed by atoms with Crippen LogP contribution in [0.15, 0.2) is 22.1 Å². The molecule has 0 N–H and O–H groups in total. The average Bonchev–Trinajstić information content (AvgIpc) is 3.01. The van der Waals surface area contributed by atoms with E-state index in [1.54, 1.807) is 6.07 Å². The van der Waals surface area contributed by atoms with E-state index in [4.69, 9.17) is 4.42 Å². The van der Waals surface area contributed by atoms with Crippen molar-refractivity contribution < 1.29 is 18.8 Å². The molecular weight excluding hydrogens is 272 g/mol. The molecule has 1 aromatic rings. The van der Waals surface area contributed by atoms with Gasteiger partial charge in [0.1, 0.15) is 17.1 Å². The van der Waals surface area contributed by atoms with E-state index in [1.165, 1.54) is 20.2 Å². The summed E-state index contributed by atoms with van der Waals surface area (Å²) < 4.78 is 5.67. The highest BCUT2D eigenvalue weighted by Crippen LogP contribution is 2.47. The maximum atomic E-state index is 12.0. The van der Waals surface area contributed by atoms with Gasteiger partial charge in [-0.15, -0.1) is 0 Å². The Hall–Kier alpha value is -2.37. The van der Waals surface area contributed by atoms with E-state index in [-0.39, 0.29) is 5.57 Å². The van der Waals surface area contributed by atoms with Crippen molar-refractivity contribution >= 4 is 23.9 Å². The highest BCUT2D eigenvalue weighted by Gasteiger charge is 2.39. The molecule has 2 aliphatic rings. The molecular formula is C15H16N2O4. The van der Waals surface area contributed by atoms with Crippen LogP contribution in [-0.4, -0.2) is 41.7 Å². The number of furan rings is 1. The molecule has 3 rings (SSSR count). The summed E-state index contributed by atoms with van der Waals surface area (Å²) in [7, 11) is 2.70. The number of barbiturate groups is 1. The number of amides is 4. The molecule has 2 atom stereocenters. The van der Waals surface area contributed by atoms with Gasteiger partial charge in [0, 0.05) is 20.0 Å². The molecule has 0 radical (unpaired) electrons. The molecule has 21 heavy (non-hydrogen) atoms. The van der Waals surface area contributed by atoms with Crippen molar-refractivity contribution in [2.45, 2.75) is 19.3 Å². The zero-order chi connectivity index (χ0) is 15.3. The zero-order valence-electron chi connectivity index (χ0n) is 12.1. The Labute approximate surface area is 122 Å². The second-order valence-electron chi connectivity index (χ2n) is 5.63. The van der Waals surface area contributed by atoms with E-state index < -0.39 is 17.8 Å². The summed E-state index contributed by atoms with van der Waals surface area (Å²) in [5.41, 5.74) is -0.0654. The molecule has 4 amide bonds. The summed E-state index contributed by atoms with van der Waals surface area (Å²) in [6, 6.07) is 2.98. The molecule has 1 aliphatic heterocycles. The second-order valence-corrected chi connectivity index (χ2v) is 5.63. The quantitative estimate of drug-likeness (QED) is 0.615. The summed E-state index contributed by atoms with van der Waals surface area (Å²) in [6.07, 6.45) is 2.50. The number of rotatable bonds is 2. The molecule has 110 valence electrons. The van der Waals surface area contributed by atoms with Crippen LogP contribution in [0.25, 0.3) is 6.08 Å². The fourth-order valence-corrected chi connectivity index (χ4v) is 2.48. The maximum Gasteiger partial charge on any atom is 0.333 e. The molecule has 0 aromatic carbocycles. The van der Waals surface area contributed by atoms with Gasteiger partial charge in [0.15, 0.2) is 0 Å². The van der Waals surface area contributed by atoms with Crippen molar-refractivity contribution in [2.75, 3.05) is 14.1 Å². The predicted molar refractivity (Wildman–Crippen MR) is 74.1 cm³/mol. The zero-order valence-corrected chi connectivity index (χ0v) is 12.1. The molecule has 1 saturated heterocycles. The Bertz CT molecular complexity index is 647. The van der Waals surface area contributed by atoms with Crippen LogP contribution in [-0.2, 0) is 9.59 Å². The van der Waals surface area contributed by atoms with Crippen LogP contribution in [0, 0.1) is 5.92 Å². The molecule has 2 fully saturated rings. The number of urea groups is 1. The van der Waals surface area contributed by atoms with E-state index in [2.05, 4.69) is 6.92 Å². The van der Waals surface area contributed by atoms with Crippen molar-refractivity contribution in [3.05, 3.63) is 29.2 Å². The lowest BCUT2D eigenvalue weighted by molar-refractivity contribution is -0.134. The van der Waals surface area contributed by atoms with Crippen LogP contribution in [0.4, 0.5) is 4.79 Å². The first-order valence-electron chi connectivity index (χ1n) is 6.81. The largest absolute Gasteiger partial charge is 0.461 e. The summed E-state index contributed by atoms with van der Waals surface area (Å²) in [6.45, 7) is 2.15. The molecule has 2 heterocycles. The number of likely N-dealkylation sites (N-methyl/N-ethyl adjacent to an activating group) is 2. The number of carbonyl (C=O) groups excluding carboxylic acids is 3. The van der Waals surface area contributed by atoms with Gasteiger partial charge in [0.05, 0.1) is 0 Å². The van der Waals surface area contributed by atoms with Crippen LogP contribution in [0.1, 0.15) is 30.8 Å². The molecule has 0 bridgehead atoms. The first-order chi connectivity index (χ1) is 9.90. The fraction of sp³-hybridized carbons (Fsp3) is 0.400. The normalized spacial score (nSPS) is 25.7. The SMILES string of the molecule is C[C@@H]1C[C@@H]1c1ccc(C=C2C(=O)N(C)C(=O)N(C)C2=O)o1. The Morgan fingerprint density at radius 2 is 1.71 bits per heavy atom. The Morgan fingerprint density at radius 1 is 1.14 bits per heavy atom. The Balaban J connectivity index is 1.90. The lowest BCUT2D eigenvalue weighted by Crippen LogP contribution is -2.52. The van der Waals surface area contributed by atoms with Gasteiger partial charge in [-0.3, -0.25) is 19.4 Å². The molecule has 0 spiro atoms. The monoisotopic (exact) mass is 288 g/mol. The minimum absolute atomic E-state index is 0.0654. The van der Waals surface area contributed by atoms with Crippen LogP contribution < -0.4 is 0 Å². The van der Waals surface area contributed by atoms with Crippen LogP contribution in [0.5, 0.6) is 0 Å². The van der Waals surface area contributed by atoms with E-state index in [1.807, 2.05) is 6.07 Å². The predicted octanol–water partition coefficient (Wildman–Crippen LogP) is 1.84. The third kappa shape index (κ3) is 2.16. The van der Waals surface area contributed by atoms with Crippen molar-refractivity contribution in [1.82, 2.24) is 9.80 Å². The average molecular weight is 288 g/mol. The maximum absolute atomic E-state index is 12.0. The van der Waals surface area contributed by atoms with Gasteiger partial charge in [0.25, 0.3) is 11.8 Å². The van der Waals surface area contributed by atoms with Gasteiger partial charge >= 0.3 is 6.03 Å². The van der Waals surface area contributed by atoms with E-state index in [0.717, 1.165) is 22.0 Å². The number of nitrogens with zero attached hydrogens (tertiary/aromatic N) is 2. The van der Waals surface area contributed by atoms with Gasteiger partial charge in [-0.2, -0.15) is 0 Å². The molecule has 0 unspecified atom stereocenters. The number of hydrogen-bond donors (Lipinski definition) is 0. The minimum atomic E-state index is -0.630. The van der Waals surface area contributed by atoms with Crippen molar-refractivity contribution in [1.29, 1.82) is 0 Å². The summed E-state index contributed by atoms with van der Waals surface area (Å²) in [4.78, 5) is 37.6. The lowest BCUT2D eigenvalue weighted by atomic mass is 10.1. The summed E-state index contributed by atoms with van der Waals surface area (Å²) in [5, 5.41) is 0. The smallest absolute Gasteiger partial charge is 0.333 e. The fourth-order valence-electron chi connectivity index (χ4n) is 2.48. The molecule has 6 nitrogen and oxygen atoms in total. The third-order valence-electron chi connectivity index (χ3n) is 4.05. The van der Waals surface area contributed by atoms with E-state index in [0.29, 0.717) is 17.6 Å². The van der Waals surface area contributed by atoms with Crippen LogP contribution >= 0.6 is 0 Å². The first-order valence-corrected chi connectivity index (χ1v) is 6.81. The van der Waals surface area contributed by atoms with Crippen LogP contribution in [0.3, 0.4) is 0 Å². The van der Waals surface area contributed by atoms with Crippen molar-refractivity contribution in [3.63, 3.8) is 0 Å². The molecule has 1 saturated carbocycles. The Kier molecular flexibility index (Phi) is 2.97. The highest BCUT2D eigenvalue weighted by atomic mass is 16.3. The van der Waals surface area contributed by atoms with E-state index in [9.17, 15) is 14.4 Å². The van der Waals surface area contributed by atoms with Gasteiger partial charge in [-0.25, -0.2) is 4.79 Å². The lowest BCUT2D eigenvalue weighted by Gasteiger charge is -2.28. The number of carbonyl (C=O) groups is 3. The van der Waals surface area contributed by atoms with Crippen molar-refractivity contribution in [2.24, 2.45) is 5.92 Å². The van der Waals surface area contributed by atoms with Gasteiger partial charge in [0.2, 0.25) is 0 Å². The number of imide groups is 2. The van der Waals surface area contributed by atoms with Crippen LogP contribution in [0.2, 0.25) is 0 Å². The summed E-state index contributed by atoms with van der Waals surface area (Å²) in [5.74, 6) is 1.16. The highest BCUT2D eigenvalue weighted by molar-refractivity contribution is 6.30. The molecule has 6 heteroatoms. The van der Waals surface area contributed by atoms with Gasteiger partial charge < -0.3 is 4.42 Å². The standard InChI is InChI=1S/C15H16N2O4/c1-8-6-10(8)12-5-4-9(21-12)7-11-13(18)16(2)15(20)17(3)14(11)19/h4-5,7-8,10H,6H2,1-3H3/t8-,10+/m1/s1. The van der Waals surface area contributed by atoms with Gasteiger partial charge in [-0.05, 0) is 30.5 Å². The van der Waals surface area contributed by atoms with Gasteiger partial charge in [-0.1, -0.05) is 6.92 Å². The topological polar surface area (TPSA) is 70.8 Å². The van der Waals surface area contributed by atoms with E-state index >= 15 is 0 Å². The van der Waals surface area contributed by atoms with Crippen molar-refractivity contribution in [3.8, 4) is 0 Å². The summed E-state index contributed by atoms with van der Waals surface area (Å²) >= 11 is 0. The second kappa shape index (κ2) is 4.58. The third-order valence-corrected chi connectivity index (χ3v) is 4.05. The molecule has 1 aliphatic carbocycles. The minimum Gasteiger partial charge on any atom is -0.461 e. The number of hydrogen-bond acceptors (Lipinski definition) is 4. The first kappa shape index (κ1) is 13.6. The Morgan fingerprint density at radius 3 is 2.24 bits per heavy atom.